The van der Waals surface area contributed by atoms with Crippen LogP contribution in [0.4, 0.5) is 0 Å². The molecule has 1 aromatic rings. The van der Waals surface area contributed by atoms with Gasteiger partial charge in [-0.3, -0.25) is 0 Å². The lowest BCUT2D eigenvalue weighted by Crippen LogP contribution is -2.35. The fourth-order valence-corrected chi connectivity index (χ4v) is 2.06. The molecule has 2 atom stereocenters. The molecule has 4 nitrogen and oxygen atoms in total. The zero-order valence-corrected chi connectivity index (χ0v) is 9.52. The largest absolute Gasteiger partial charge is 0.481 e. The Kier molecular flexibility index (Phi) is 3.74. The molecule has 0 aliphatic heterocycles. The van der Waals surface area contributed by atoms with Gasteiger partial charge in [0.25, 0.3) is 0 Å². The van der Waals surface area contributed by atoms with Gasteiger partial charge in [-0.25, -0.2) is 4.98 Å². The van der Waals surface area contributed by atoms with Crippen molar-refractivity contribution in [3.05, 3.63) is 23.9 Å². The van der Waals surface area contributed by atoms with E-state index in [2.05, 4.69) is 10.3 Å². The summed E-state index contributed by atoms with van der Waals surface area (Å²) < 4.78 is 4.99. The first-order valence-electron chi connectivity index (χ1n) is 5.70. The first kappa shape index (κ1) is 11.4. The molecular weight excluding hydrogens is 204 g/mol. The standard InChI is InChI=1S/C12H18N2O2/c1-16-12-6-5-9(8-14-12)7-13-10-3-2-4-11(10)15/h5-6,8,10-11,13,15H,2-4,7H2,1H3/t10-,11-/m0/s1. The van der Waals surface area contributed by atoms with Gasteiger partial charge in [0.15, 0.2) is 0 Å². The molecular formula is C12H18N2O2. The lowest BCUT2D eigenvalue weighted by Gasteiger charge is -2.16. The highest BCUT2D eigenvalue weighted by atomic mass is 16.5. The molecule has 1 fully saturated rings. The van der Waals surface area contributed by atoms with E-state index in [9.17, 15) is 5.11 Å². The third kappa shape index (κ3) is 2.71. The predicted molar refractivity (Wildman–Crippen MR) is 61.3 cm³/mol. The summed E-state index contributed by atoms with van der Waals surface area (Å²) in [7, 11) is 1.61. The van der Waals surface area contributed by atoms with Crippen molar-refractivity contribution < 1.29 is 9.84 Å². The maximum absolute atomic E-state index is 9.65. The molecule has 16 heavy (non-hydrogen) atoms. The molecule has 2 rings (SSSR count). The van der Waals surface area contributed by atoms with E-state index in [1.165, 1.54) is 0 Å². The van der Waals surface area contributed by atoms with Crippen LogP contribution in [-0.4, -0.2) is 29.3 Å². The van der Waals surface area contributed by atoms with E-state index in [0.29, 0.717) is 5.88 Å². The van der Waals surface area contributed by atoms with Crippen molar-refractivity contribution in [2.24, 2.45) is 0 Å². The lowest BCUT2D eigenvalue weighted by atomic mass is 10.2. The Hall–Kier alpha value is -1.13. The number of nitrogens with one attached hydrogen (secondary N) is 1. The van der Waals surface area contributed by atoms with Gasteiger partial charge in [0, 0.05) is 24.8 Å². The van der Waals surface area contributed by atoms with Gasteiger partial charge in [-0.2, -0.15) is 0 Å². The third-order valence-electron chi connectivity index (χ3n) is 3.05. The molecule has 0 aromatic carbocycles. The summed E-state index contributed by atoms with van der Waals surface area (Å²) in [4.78, 5) is 4.14. The second kappa shape index (κ2) is 5.27. The van der Waals surface area contributed by atoms with Crippen molar-refractivity contribution in [3.63, 3.8) is 0 Å². The van der Waals surface area contributed by atoms with Crippen LogP contribution in [0.5, 0.6) is 5.88 Å². The van der Waals surface area contributed by atoms with E-state index in [-0.39, 0.29) is 12.1 Å². The number of aromatic nitrogens is 1. The minimum atomic E-state index is -0.189. The van der Waals surface area contributed by atoms with E-state index in [0.717, 1.165) is 31.4 Å². The van der Waals surface area contributed by atoms with Gasteiger partial charge < -0.3 is 15.2 Å². The molecule has 1 aliphatic carbocycles. The van der Waals surface area contributed by atoms with Crippen LogP contribution in [0, 0.1) is 0 Å². The summed E-state index contributed by atoms with van der Waals surface area (Å²) in [6, 6.07) is 4.07. The van der Waals surface area contributed by atoms with Crippen LogP contribution in [0.25, 0.3) is 0 Å². The Morgan fingerprint density at radius 1 is 1.50 bits per heavy atom. The maximum Gasteiger partial charge on any atom is 0.212 e. The van der Waals surface area contributed by atoms with Crippen LogP contribution in [0.1, 0.15) is 24.8 Å². The van der Waals surface area contributed by atoms with Crippen molar-refractivity contribution in [1.82, 2.24) is 10.3 Å². The Morgan fingerprint density at radius 2 is 2.38 bits per heavy atom. The number of hydrogen-bond acceptors (Lipinski definition) is 4. The summed E-state index contributed by atoms with van der Waals surface area (Å²) in [5.41, 5.74) is 1.11. The maximum atomic E-state index is 9.65. The third-order valence-corrected chi connectivity index (χ3v) is 3.05. The summed E-state index contributed by atoms with van der Waals surface area (Å²) in [6.45, 7) is 0.749. The second-order valence-corrected chi connectivity index (χ2v) is 4.19. The van der Waals surface area contributed by atoms with Crippen molar-refractivity contribution in [2.75, 3.05) is 7.11 Å². The SMILES string of the molecule is COc1ccc(CN[C@H]2CCC[C@@H]2O)cn1. The fraction of sp³-hybridized carbons (Fsp3) is 0.583. The average molecular weight is 222 g/mol. The van der Waals surface area contributed by atoms with E-state index in [1.54, 1.807) is 13.3 Å². The van der Waals surface area contributed by atoms with Crippen LogP contribution in [0.3, 0.4) is 0 Å². The van der Waals surface area contributed by atoms with Gasteiger partial charge in [-0.15, -0.1) is 0 Å². The Bertz CT molecular complexity index is 326. The van der Waals surface area contributed by atoms with Crippen molar-refractivity contribution in [1.29, 1.82) is 0 Å². The Morgan fingerprint density at radius 3 is 2.94 bits per heavy atom. The highest BCUT2D eigenvalue weighted by Gasteiger charge is 2.24. The molecule has 0 bridgehead atoms. The lowest BCUT2D eigenvalue weighted by molar-refractivity contribution is 0.148. The normalized spacial score (nSPS) is 24.6. The highest BCUT2D eigenvalue weighted by molar-refractivity contribution is 5.17. The molecule has 0 radical (unpaired) electrons. The smallest absolute Gasteiger partial charge is 0.212 e. The number of hydrogen-bond donors (Lipinski definition) is 2. The Balaban J connectivity index is 1.84. The van der Waals surface area contributed by atoms with Crippen molar-refractivity contribution >= 4 is 0 Å². The predicted octanol–water partition coefficient (Wildman–Crippen LogP) is 1.09. The molecule has 2 N–H and O–H groups in total. The summed E-state index contributed by atoms with van der Waals surface area (Å²) in [5, 5.41) is 13.0. The number of aliphatic hydroxyl groups excluding tert-OH is 1. The average Bonchev–Trinajstić information content (AvgIpc) is 2.73. The second-order valence-electron chi connectivity index (χ2n) is 4.19. The molecule has 1 saturated carbocycles. The number of pyridine rings is 1. The summed E-state index contributed by atoms with van der Waals surface area (Å²) in [5.74, 6) is 0.629. The first-order chi connectivity index (χ1) is 7.79. The zero-order chi connectivity index (χ0) is 11.4. The van der Waals surface area contributed by atoms with Gasteiger partial charge >= 0.3 is 0 Å². The van der Waals surface area contributed by atoms with Crippen LogP contribution >= 0.6 is 0 Å². The minimum absolute atomic E-state index is 0.189. The van der Waals surface area contributed by atoms with Gasteiger partial charge in [0.1, 0.15) is 0 Å². The minimum Gasteiger partial charge on any atom is -0.481 e. The molecule has 0 amide bonds. The van der Waals surface area contributed by atoms with Crippen LogP contribution in [0.15, 0.2) is 18.3 Å². The molecule has 1 aromatic heterocycles. The summed E-state index contributed by atoms with van der Waals surface area (Å²) >= 11 is 0. The van der Waals surface area contributed by atoms with Gasteiger partial charge in [-0.1, -0.05) is 6.07 Å². The molecule has 4 heteroatoms. The molecule has 88 valence electrons. The number of rotatable bonds is 4. The molecule has 1 aliphatic rings. The number of ether oxygens (including phenoxy) is 1. The zero-order valence-electron chi connectivity index (χ0n) is 9.52. The van der Waals surface area contributed by atoms with Gasteiger partial charge in [-0.05, 0) is 24.8 Å². The fourth-order valence-electron chi connectivity index (χ4n) is 2.06. The van der Waals surface area contributed by atoms with E-state index in [1.807, 2.05) is 12.1 Å². The molecule has 0 spiro atoms. The van der Waals surface area contributed by atoms with Crippen LogP contribution < -0.4 is 10.1 Å². The van der Waals surface area contributed by atoms with Crippen LogP contribution in [0.2, 0.25) is 0 Å². The number of aliphatic hydroxyl groups is 1. The molecule has 0 saturated heterocycles. The summed E-state index contributed by atoms with van der Waals surface area (Å²) in [6.07, 6.45) is 4.70. The van der Waals surface area contributed by atoms with Gasteiger partial charge in [0.05, 0.1) is 13.2 Å². The topological polar surface area (TPSA) is 54.4 Å². The van der Waals surface area contributed by atoms with Crippen molar-refractivity contribution in [2.45, 2.75) is 38.0 Å². The molecule has 0 unspecified atom stereocenters. The van der Waals surface area contributed by atoms with Crippen LogP contribution in [-0.2, 0) is 6.54 Å². The molecule has 1 heterocycles. The first-order valence-corrected chi connectivity index (χ1v) is 5.70. The number of methoxy groups -OCH3 is 1. The highest BCUT2D eigenvalue weighted by Crippen LogP contribution is 2.19. The quantitative estimate of drug-likeness (QED) is 0.801. The van der Waals surface area contributed by atoms with E-state index >= 15 is 0 Å². The Labute approximate surface area is 95.7 Å². The van der Waals surface area contributed by atoms with E-state index < -0.39 is 0 Å². The van der Waals surface area contributed by atoms with Gasteiger partial charge in [0.2, 0.25) is 5.88 Å². The van der Waals surface area contributed by atoms with Crippen molar-refractivity contribution in [3.8, 4) is 5.88 Å². The monoisotopic (exact) mass is 222 g/mol. The number of nitrogens with zero attached hydrogens (tertiary/aromatic N) is 1. The van der Waals surface area contributed by atoms with E-state index in [4.69, 9.17) is 4.74 Å².